The summed E-state index contributed by atoms with van der Waals surface area (Å²) in [5.41, 5.74) is 0. The van der Waals surface area contributed by atoms with Crippen LogP contribution in [0, 0.1) is 11.8 Å². The molecule has 7 heteroatoms. The van der Waals surface area contributed by atoms with Crippen LogP contribution in [0.15, 0.2) is 0 Å². The number of hydrogen-bond donors (Lipinski definition) is 2. The second-order valence-corrected chi connectivity index (χ2v) is 5.78. The lowest BCUT2D eigenvalue weighted by atomic mass is 10.0. The predicted octanol–water partition coefficient (Wildman–Crippen LogP) is -0.787. The van der Waals surface area contributed by atoms with Crippen molar-refractivity contribution in [2.24, 2.45) is 11.8 Å². The highest BCUT2D eigenvalue weighted by Crippen LogP contribution is 2.32. The topological polar surface area (TPSA) is 95.9 Å². The molecule has 20 heavy (non-hydrogen) atoms. The van der Waals surface area contributed by atoms with E-state index in [1.54, 1.807) is 4.90 Å². The first-order valence-electron chi connectivity index (χ1n) is 6.96. The molecule has 1 aliphatic carbocycles. The van der Waals surface area contributed by atoms with Crippen LogP contribution in [0.25, 0.3) is 0 Å². The Morgan fingerprint density at radius 2 is 2.05 bits per heavy atom. The number of carbonyl (C=O) groups is 3. The van der Waals surface area contributed by atoms with Crippen LogP contribution in [0.2, 0.25) is 0 Å². The standard InChI is InChI=1S/C13H18N2O5/c16-11-3-7(4-15(11)8-1-2-8)12(17)14-10-6-20-5-9(10)13(18)19/h7-10H,1-6H2,(H,14,17)(H,18,19). The largest absolute Gasteiger partial charge is 0.481 e. The smallest absolute Gasteiger partial charge is 0.311 e. The van der Waals surface area contributed by atoms with Gasteiger partial charge < -0.3 is 20.1 Å². The lowest BCUT2D eigenvalue weighted by Gasteiger charge is -2.19. The first kappa shape index (κ1) is 13.4. The quantitative estimate of drug-likeness (QED) is 0.704. The number of aliphatic carboxylic acids is 1. The van der Waals surface area contributed by atoms with Crippen molar-refractivity contribution in [1.29, 1.82) is 0 Å². The number of nitrogens with one attached hydrogen (secondary N) is 1. The number of carboxylic acids is 1. The summed E-state index contributed by atoms with van der Waals surface area (Å²) in [5, 5.41) is 11.8. The summed E-state index contributed by atoms with van der Waals surface area (Å²) in [6, 6.07) is -0.174. The molecule has 3 unspecified atom stereocenters. The van der Waals surface area contributed by atoms with Gasteiger partial charge in [0, 0.05) is 19.0 Å². The van der Waals surface area contributed by atoms with Gasteiger partial charge in [0.15, 0.2) is 0 Å². The van der Waals surface area contributed by atoms with E-state index < -0.39 is 17.9 Å². The van der Waals surface area contributed by atoms with Crippen LogP contribution in [-0.4, -0.2) is 59.6 Å². The van der Waals surface area contributed by atoms with Gasteiger partial charge in [0.2, 0.25) is 11.8 Å². The molecule has 3 aliphatic rings. The summed E-state index contributed by atoms with van der Waals surface area (Å²) in [7, 11) is 0. The lowest BCUT2D eigenvalue weighted by molar-refractivity contribution is -0.142. The van der Waals surface area contributed by atoms with E-state index in [2.05, 4.69) is 5.32 Å². The minimum atomic E-state index is -0.963. The van der Waals surface area contributed by atoms with Gasteiger partial charge in [-0.2, -0.15) is 0 Å². The molecule has 2 aliphatic heterocycles. The maximum absolute atomic E-state index is 12.2. The maximum atomic E-state index is 12.2. The van der Waals surface area contributed by atoms with Gasteiger partial charge in [0.25, 0.3) is 0 Å². The van der Waals surface area contributed by atoms with Crippen molar-refractivity contribution < 1.29 is 24.2 Å². The maximum Gasteiger partial charge on any atom is 0.311 e. The van der Waals surface area contributed by atoms with E-state index in [1.165, 1.54) is 0 Å². The zero-order valence-electron chi connectivity index (χ0n) is 11.1. The lowest BCUT2D eigenvalue weighted by Crippen LogP contribution is -2.45. The predicted molar refractivity (Wildman–Crippen MR) is 66.7 cm³/mol. The van der Waals surface area contributed by atoms with Crippen molar-refractivity contribution in [3.05, 3.63) is 0 Å². The van der Waals surface area contributed by atoms with E-state index in [4.69, 9.17) is 9.84 Å². The van der Waals surface area contributed by atoms with Gasteiger partial charge in [0.1, 0.15) is 5.92 Å². The fourth-order valence-corrected chi connectivity index (χ4v) is 2.89. The Balaban J connectivity index is 1.57. The number of nitrogens with zero attached hydrogens (tertiary/aromatic N) is 1. The van der Waals surface area contributed by atoms with Crippen LogP contribution in [0.4, 0.5) is 0 Å². The Labute approximate surface area is 116 Å². The Bertz CT molecular complexity index is 448. The molecule has 3 rings (SSSR count). The third-order valence-electron chi connectivity index (χ3n) is 4.24. The zero-order chi connectivity index (χ0) is 14.3. The van der Waals surface area contributed by atoms with E-state index >= 15 is 0 Å². The van der Waals surface area contributed by atoms with Crippen molar-refractivity contribution in [1.82, 2.24) is 10.2 Å². The molecule has 0 aromatic rings. The highest BCUT2D eigenvalue weighted by molar-refractivity contribution is 5.90. The molecule has 2 N–H and O–H groups in total. The third-order valence-corrected chi connectivity index (χ3v) is 4.24. The fraction of sp³-hybridized carbons (Fsp3) is 0.769. The van der Waals surface area contributed by atoms with Gasteiger partial charge in [0.05, 0.1) is 25.2 Å². The molecule has 3 fully saturated rings. The molecule has 2 heterocycles. The number of carboxylic acid groups (broad SMARTS) is 1. The Morgan fingerprint density at radius 1 is 1.30 bits per heavy atom. The second kappa shape index (κ2) is 5.05. The van der Waals surface area contributed by atoms with Crippen molar-refractivity contribution in [2.45, 2.75) is 31.3 Å². The highest BCUT2D eigenvalue weighted by atomic mass is 16.5. The molecule has 0 bridgehead atoms. The monoisotopic (exact) mass is 282 g/mol. The molecule has 3 atom stereocenters. The number of likely N-dealkylation sites (tertiary alicyclic amines) is 1. The molecule has 2 saturated heterocycles. The average molecular weight is 282 g/mol. The molecule has 0 spiro atoms. The molecule has 0 aromatic heterocycles. The van der Waals surface area contributed by atoms with Gasteiger partial charge in [-0.05, 0) is 12.8 Å². The van der Waals surface area contributed by atoms with Crippen LogP contribution < -0.4 is 5.32 Å². The first-order valence-corrected chi connectivity index (χ1v) is 6.96. The SMILES string of the molecule is O=C(NC1COCC1C(=O)O)C1CC(=O)N(C2CC2)C1. The molecule has 110 valence electrons. The number of amides is 2. The summed E-state index contributed by atoms with van der Waals surface area (Å²) in [4.78, 5) is 36.8. The minimum absolute atomic E-state index is 0.0325. The average Bonchev–Trinajstić information content (AvgIpc) is 2.99. The Morgan fingerprint density at radius 3 is 2.70 bits per heavy atom. The fourth-order valence-electron chi connectivity index (χ4n) is 2.89. The van der Waals surface area contributed by atoms with E-state index in [1.807, 2.05) is 0 Å². The summed E-state index contributed by atoms with van der Waals surface area (Å²) in [6.07, 6.45) is 2.28. The molecule has 0 radical (unpaired) electrons. The van der Waals surface area contributed by atoms with Gasteiger partial charge in [-0.25, -0.2) is 0 Å². The summed E-state index contributed by atoms with van der Waals surface area (Å²) < 4.78 is 5.11. The molecule has 0 aromatic carbocycles. The Hall–Kier alpha value is -1.63. The number of carbonyl (C=O) groups excluding carboxylic acids is 2. The molecule has 7 nitrogen and oxygen atoms in total. The summed E-state index contributed by atoms with van der Waals surface area (Å²) >= 11 is 0. The van der Waals surface area contributed by atoms with Crippen LogP contribution in [0.1, 0.15) is 19.3 Å². The number of hydrogen-bond acceptors (Lipinski definition) is 4. The van der Waals surface area contributed by atoms with Crippen molar-refractivity contribution >= 4 is 17.8 Å². The van der Waals surface area contributed by atoms with E-state index in [0.717, 1.165) is 12.8 Å². The highest BCUT2D eigenvalue weighted by Gasteiger charge is 2.43. The second-order valence-electron chi connectivity index (χ2n) is 5.78. The zero-order valence-corrected chi connectivity index (χ0v) is 11.1. The normalized spacial score (nSPS) is 33.5. The first-order chi connectivity index (χ1) is 9.56. The molecule has 1 saturated carbocycles. The van der Waals surface area contributed by atoms with Gasteiger partial charge >= 0.3 is 5.97 Å². The van der Waals surface area contributed by atoms with Gasteiger partial charge in [-0.15, -0.1) is 0 Å². The number of ether oxygens (including phenoxy) is 1. The van der Waals surface area contributed by atoms with Gasteiger partial charge in [-0.1, -0.05) is 0 Å². The molecular weight excluding hydrogens is 264 g/mol. The van der Waals surface area contributed by atoms with E-state index in [-0.39, 0.29) is 37.4 Å². The van der Waals surface area contributed by atoms with E-state index in [0.29, 0.717) is 12.6 Å². The summed E-state index contributed by atoms with van der Waals surface area (Å²) in [5.74, 6) is -2.23. The van der Waals surface area contributed by atoms with Crippen LogP contribution in [0.5, 0.6) is 0 Å². The molecular formula is C13H18N2O5. The van der Waals surface area contributed by atoms with E-state index in [9.17, 15) is 14.4 Å². The minimum Gasteiger partial charge on any atom is -0.481 e. The van der Waals surface area contributed by atoms with Crippen LogP contribution in [-0.2, 0) is 19.1 Å². The third kappa shape index (κ3) is 2.49. The van der Waals surface area contributed by atoms with Crippen LogP contribution in [0.3, 0.4) is 0 Å². The van der Waals surface area contributed by atoms with Crippen LogP contribution >= 0.6 is 0 Å². The summed E-state index contributed by atoms with van der Waals surface area (Å²) in [6.45, 7) is 0.800. The molecule has 2 amide bonds. The van der Waals surface area contributed by atoms with Gasteiger partial charge in [-0.3, -0.25) is 14.4 Å². The van der Waals surface area contributed by atoms with Crippen molar-refractivity contribution in [3.63, 3.8) is 0 Å². The van der Waals surface area contributed by atoms with Crippen molar-refractivity contribution in [3.8, 4) is 0 Å². The number of rotatable bonds is 4. The Kier molecular flexibility index (Phi) is 3.37. The van der Waals surface area contributed by atoms with Crippen molar-refractivity contribution in [2.75, 3.05) is 19.8 Å².